The number of phenols is 1. The minimum Gasteiger partial charge on any atom is -0.508 e. The van der Waals surface area contributed by atoms with E-state index in [2.05, 4.69) is 10.4 Å². The lowest BCUT2D eigenvalue weighted by atomic mass is 9.49. The van der Waals surface area contributed by atoms with Gasteiger partial charge in [0.25, 0.3) is 11.8 Å². The van der Waals surface area contributed by atoms with Crippen molar-refractivity contribution in [3.05, 3.63) is 123 Å². The molecule has 8 rings (SSSR count). The first-order valence-corrected chi connectivity index (χ1v) is 17.7. The Balaban J connectivity index is 1.33. The van der Waals surface area contributed by atoms with Gasteiger partial charge in [0.2, 0.25) is 11.8 Å². The molecular formula is C39H29Cl2F3N4O6. The second-order valence-corrected chi connectivity index (χ2v) is 14.5. The molecule has 4 amide bonds. The number of halogens is 5. The summed E-state index contributed by atoms with van der Waals surface area (Å²) < 4.78 is 45.9. The van der Waals surface area contributed by atoms with Crippen molar-refractivity contribution in [3.63, 3.8) is 0 Å². The molecule has 4 aliphatic rings. The Morgan fingerprint density at radius 2 is 1.65 bits per heavy atom. The highest BCUT2D eigenvalue weighted by atomic mass is 35.5. The van der Waals surface area contributed by atoms with Gasteiger partial charge < -0.3 is 9.84 Å². The fourth-order valence-corrected chi connectivity index (χ4v) is 9.18. The minimum absolute atomic E-state index is 0.0740. The van der Waals surface area contributed by atoms with E-state index in [1.165, 1.54) is 24.1 Å². The molecule has 3 fully saturated rings. The number of aromatic hydroxyl groups is 1. The molecule has 2 aliphatic heterocycles. The van der Waals surface area contributed by atoms with Gasteiger partial charge in [0.05, 0.1) is 46.6 Å². The number of nitrogens with zero attached hydrogens (tertiary/aromatic N) is 3. The van der Waals surface area contributed by atoms with E-state index >= 15 is 4.79 Å². The van der Waals surface area contributed by atoms with Crippen molar-refractivity contribution in [1.29, 1.82) is 0 Å². The quantitative estimate of drug-likeness (QED) is 0.154. The van der Waals surface area contributed by atoms with Crippen LogP contribution in [-0.2, 0) is 30.8 Å². The molecular weight excluding hydrogens is 748 g/mol. The van der Waals surface area contributed by atoms with Crippen LogP contribution < -0.4 is 15.1 Å². The Morgan fingerprint density at radius 1 is 0.926 bits per heavy atom. The number of rotatable bonds is 6. The minimum atomic E-state index is -4.76. The van der Waals surface area contributed by atoms with Gasteiger partial charge in [-0.3, -0.25) is 29.5 Å². The van der Waals surface area contributed by atoms with E-state index in [9.17, 15) is 32.7 Å². The van der Waals surface area contributed by atoms with Crippen LogP contribution >= 0.6 is 23.2 Å². The zero-order valence-corrected chi connectivity index (χ0v) is 29.7. The summed E-state index contributed by atoms with van der Waals surface area (Å²) in [6.07, 6.45) is -2.34. The molecule has 0 spiro atoms. The molecule has 6 unspecified atom stereocenters. The summed E-state index contributed by atoms with van der Waals surface area (Å²) in [5, 5.41) is 12.1. The third-order valence-corrected chi connectivity index (χ3v) is 11.7. The number of alkyl halides is 3. The maximum atomic E-state index is 15.3. The first kappa shape index (κ1) is 35.6. The smallest absolute Gasteiger partial charge is 0.417 e. The number of phenolic OH excluding ortho intramolecular Hbond substituents is 1. The number of nitrogens with one attached hydrogen (secondary N) is 1. The number of methoxy groups -OCH3 is 1. The Kier molecular flexibility index (Phi) is 8.49. The van der Waals surface area contributed by atoms with E-state index in [1.54, 1.807) is 60.7 Å². The number of pyridine rings is 1. The highest BCUT2D eigenvalue weighted by Gasteiger charge is 2.70. The van der Waals surface area contributed by atoms with Gasteiger partial charge >= 0.3 is 6.18 Å². The Hall–Kier alpha value is -5.40. The second kappa shape index (κ2) is 12.9. The van der Waals surface area contributed by atoms with Gasteiger partial charge in [0.1, 0.15) is 11.5 Å². The number of fused-ring (bicyclic) bond motifs is 4. The summed E-state index contributed by atoms with van der Waals surface area (Å²) >= 11 is 12.6. The average Bonchev–Trinajstić information content (AvgIpc) is 3.53. The van der Waals surface area contributed by atoms with Crippen LogP contribution in [0.1, 0.15) is 35.4 Å². The molecule has 0 bridgehead atoms. The maximum Gasteiger partial charge on any atom is 0.417 e. The number of hydrogen-bond donors (Lipinski definition) is 2. The predicted octanol–water partition coefficient (Wildman–Crippen LogP) is 7.31. The molecule has 4 aromatic rings. The number of carbonyl (C=O) groups is 4. The molecule has 54 heavy (non-hydrogen) atoms. The molecule has 3 aromatic carbocycles. The topological polar surface area (TPSA) is 129 Å². The van der Waals surface area contributed by atoms with Crippen molar-refractivity contribution in [2.75, 3.05) is 17.4 Å². The highest BCUT2D eigenvalue weighted by Crippen LogP contribution is 2.65. The molecule has 1 saturated carbocycles. The van der Waals surface area contributed by atoms with Crippen LogP contribution in [0.2, 0.25) is 10.0 Å². The number of anilines is 2. The summed E-state index contributed by atoms with van der Waals surface area (Å²) in [5.74, 6) is -7.49. The van der Waals surface area contributed by atoms with Gasteiger partial charge in [-0.15, -0.1) is 0 Å². The van der Waals surface area contributed by atoms with E-state index in [1.807, 2.05) is 6.08 Å². The largest absolute Gasteiger partial charge is 0.508 e. The highest BCUT2D eigenvalue weighted by molar-refractivity contribution is 6.33. The number of hydrogen-bond acceptors (Lipinski definition) is 8. The fraction of sp³-hybridized carbons (Fsp3) is 0.256. The van der Waals surface area contributed by atoms with E-state index in [4.69, 9.17) is 27.9 Å². The van der Waals surface area contributed by atoms with Crippen LogP contribution in [0, 0.1) is 23.7 Å². The summed E-state index contributed by atoms with van der Waals surface area (Å²) in [6, 6.07) is 20.0. The third-order valence-electron chi connectivity index (χ3n) is 11.1. The first-order valence-electron chi connectivity index (χ1n) is 16.9. The molecule has 10 nitrogen and oxygen atoms in total. The van der Waals surface area contributed by atoms with Crippen LogP contribution in [0.5, 0.6) is 11.5 Å². The van der Waals surface area contributed by atoms with Crippen LogP contribution in [0.25, 0.3) is 0 Å². The molecule has 15 heteroatoms. The molecule has 1 aromatic heterocycles. The average molecular weight is 778 g/mol. The van der Waals surface area contributed by atoms with Crippen molar-refractivity contribution < 1.29 is 42.2 Å². The van der Waals surface area contributed by atoms with Crippen LogP contribution in [0.15, 0.2) is 96.7 Å². The second-order valence-electron chi connectivity index (χ2n) is 13.7. The molecule has 2 saturated heterocycles. The Morgan fingerprint density at radius 3 is 2.31 bits per heavy atom. The Bertz CT molecular complexity index is 2270. The van der Waals surface area contributed by atoms with E-state index in [0.717, 1.165) is 0 Å². The van der Waals surface area contributed by atoms with Gasteiger partial charge in [0.15, 0.2) is 5.82 Å². The van der Waals surface area contributed by atoms with Crippen LogP contribution in [0.3, 0.4) is 0 Å². The van der Waals surface area contributed by atoms with Gasteiger partial charge in [-0.05, 0) is 72.9 Å². The van der Waals surface area contributed by atoms with Crippen molar-refractivity contribution in [3.8, 4) is 11.5 Å². The summed E-state index contributed by atoms with van der Waals surface area (Å²) in [7, 11) is 1.43. The van der Waals surface area contributed by atoms with Gasteiger partial charge in [0, 0.05) is 22.7 Å². The number of ether oxygens (including phenoxy) is 1. The van der Waals surface area contributed by atoms with Crippen molar-refractivity contribution in [2.45, 2.75) is 30.4 Å². The van der Waals surface area contributed by atoms with E-state index < -0.39 is 69.5 Å². The lowest BCUT2D eigenvalue weighted by Gasteiger charge is -2.50. The summed E-state index contributed by atoms with van der Waals surface area (Å²) in [4.78, 5) is 63.4. The molecule has 6 atom stereocenters. The van der Waals surface area contributed by atoms with Gasteiger partial charge in [-0.25, -0.2) is 4.98 Å². The van der Waals surface area contributed by atoms with Gasteiger partial charge in [-0.2, -0.15) is 18.2 Å². The molecule has 3 heterocycles. The lowest BCUT2D eigenvalue weighted by molar-refractivity contribution is -0.139. The van der Waals surface area contributed by atoms with Gasteiger partial charge in [-0.1, -0.05) is 65.2 Å². The first-order chi connectivity index (χ1) is 25.8. The third kappa shape index (κ3) is 5.27. The SMILES string of the molecule is COc1ccc(O)c(C2C3=CCC4C(=O)N(c5ccccc5)C(=O)C4C3CC3C(=O)N(Nc4ncc(C(F)(F)F)cc4Cl)C(=O)C32c2ccc(Cl)cc2)c1. The Labute approximate surface area is 316 Å². The van der Waals surface area contributed by atoms with Crippen LogP contribution in [-0.4, -0.2) is 45.8 Å². The van der Waals surface area contributed by atoms with Crippen LogP contribution in [0.4, 0.5) is 24.7 Å². The summed E-state index contributed by atoms with van der Waals surface area (Å²) in [6.45, 7) is 0. The molecule has 276 valence electrons. The fourth-order valence-electron chi connectivity index (χ4n) is 8.85. The van der Waals surface area contributed by atoms with E-state index in [-0.39, 0.29) is 35.9 Å². The van der Waals surface area contributed by atoms with Crippen molar-refractivity contribution in [1.82, 2.24) is 9.99 Å². The van der Waals surface area contributed by atoms with E-state index in [0.29, 0.717) is 44.9 Å². The number of para-hydroxylation sites is 1. The zero-order valence-electron chi connectivity index (χ0n) is 28.2. The molecule has 2 aliphatic carbocycles. The standard InChI is InChI=1S/C39H29Cl2F3N4O6/c1-54-23-11-14-30(49)27(16-23)32-24-12-13-25-31(36(52)47(34(25)50)22-5-3-2-4-6-22)26(24)17-28-35(51)48(37(53)38(28,32)19-7-9-21(40)10-8-19)46-33-29(41)15-20(18-45-33)39(42,43)44/h2-12,14-16,18,25-26,28,31-32,49H,13,17H2,1H3,(H,45,46). The maximum absolute atomic E-state index is 15.3. The number of amides is 4. The molecule has 0 radical (unpaired) electrons. The summed E-state index contributed by atoms with van der Waals surface area (Å²) in [5.41, 5.74) is 1.17. The van der Waals surface area contributed by atoms with Crippen molar-refractivity contribution >= 4 is 58.3 Å². The number of carbonyl (C=O) groups excluding carboxylic acids is 4. The monoisotopic (exact) mass is 776 g/mol. The number of benzene rings is 3. The van der Waals surface area contributed by atoms with Crippen molar-refractivity contribution in [2.24, 2.45) is 23.7 Å². The number of hydrazine groups is 1. The number of imide groups is 2. The number of aromatic nitrogens is 1. The normalized spacial score (nSPS) is 26.3. The number of allylic oxidation sites excluding steroid dienone is 2. The molecule has 2 N–H and O–H groups in total. The lowest BCUT2D eigenvalue weighted by Crippen LogP contribution is -2.53. The zero-order chi connectivity index (χ0) is 38.3. The predicted molar refractivity (Wildman–Crippen MR) is 190 cm³/mol.